The first kappa shape index (κ1) is 14.2. The molecule has 0 aliphatic carbocycles. The summed E-state index contributed by atoms with van der Waals surface area (Å²) in [6.45, 7) is 5.41. The molecule has 1 atom stereocenters. The van der Waals surface area contributed by atoms with Crippen LogP contribution in [-0.4, -0.2) is 23.0 Å². The molecule has 0 aliphatic heterocycles. The molecule has 0 unspecified atom stereocenters. The number of carboxylic acids is 1. The summed E-state index contributed by atoms with van der Waals surface area (Å²) < 4.78 is 0. The Bertz CT molecular complexity index is 469. The molecule has 1 aromatic carbocycles. The lowest BCUT2D eigenvalue weighted by molar-refractivity contribution is -0.118. The second-order valence-electron chi connectivity index (χ2n) is 4.59. The van der Waals surface area contributed by atoms with Crippen molar-refractivity contribution in [2.75, 3.05) is 5.32 Å². The average molecular weight is 250 g/mol. The fraction of sp³-hybridized carbons (Fsp3) is 0.385. The molecule has 0 aromatic heterocycles. The SMILES string of the molecule is Cc1cc(NC(=O)[C@H](N)C(C)C)ccc1C(=O)O. The third-order valence-electron chi connectivity index (χ3n) is 2.75. The Labute approximate surface area is 106 Å². The van der Waals surface area contributed by atoms with Crippen LogP contribution < -0.4 is 11.1 Å². The van der Waals surface area contributed by atoms with Crippen LogP contribution in [0.3, 0.4) is 0 Å². The first-order valence-electron chi connectivity index (χ1n) is 5.73. The zero-order valence-electron chi connectivity index (χ0n) is 10.7. The summed E-state index contributed by atoms with van der Waals surface area (Å²) in [4.78, 5) is 22.6. The van der Waals surface area contributed by atoms with Crippen molar-refractivity contribution in [1.82, 2.24) is 0 Å². The number of anilines is 1. The predicted molar refractivity (Wildman–Crippen MR) is 69.6 cm³/mol. The van der Waals surface area contributed by atoms with Gasteiger partial charge >= 0.3 is 5.97 Å². The van der Waals surface area contributed by atoms with E-state index in [9.17, 15) is 9.59 Å². The topological polar surface area (TPSA) is 92.4 Å². The molecule has 1 aromatic rings. The van der Waals surface area contributed by atoms with Crippen LogP contribution in [0.25, 0.3) is 0 Å². The van der Waals surface area contributed by atoms with Gasteiger partial charge in [0.1, 0.15) is 0 Å². The normalized spacial score (nSPS) is 12.3. The van der Waals surface area contributed by atoms with Crippen LogP contribution in [0.1, 0.15) is 29.8 Å². The Morgan fingerprint density at radius 3 is 2.39 bits per heavy atom. The Kier molecular flexibility index (Phi) is 4.44. The molecule has 1 rings (SSSR count). The number of aryl methyl sites for hydroxylation is 1. The zero-order valence-corrected chi connectivity index (χ0v) is 10.7. The van der Waals surface area contributed by atoms with Crippen LogP contribution in [0.5, 0.6) is 0 Å². The van der Waals surface area contributed by atoms with E-state index in [-0.39, 0.29) is 17.4 Å². The van der Waals surface area contributed by atoms with Gasteiger partial charge in [0.05, 0.1) is 11.6 Å². The molecule has 0 aliphatic rings. The summed E-state index contributed by atoms with van der Waals surface area (Å²) in [5, 5.41) is 11.6. The monoisotopic (exact) mass is 250 g/mol. The Balaban J connectivity index is 2.84. The third kappa shape index (κ3) is 3.30. The molecule has 0 spiro atoms. The number of aromatic carboxylic acids is 1. The van der Waals surface area contributed by atoms with Gasteiger partial charge in [0.25, 0.3) is 0 Å². The van der Waals surface area contributed by atoms with Gasteiger partial charge in [0.15, 0.2) is 0 Å². The fourth-order valence-electron chi connectivity index (χ4n) is 1.51. The number of carbonyl (C=O) groups excluding carboxylic acids is 1. The van der Waals surface area contributed by atoms with Crippen LogP contribution in [0.2, 0.25) is 0 Å². The number of carbonyl (C=O) groups is 2. The van der Waals surface area contributed by atoms with Gasteiger partial charge in [-0.1, -0.05) is 13.8 Å². The van der Waals surface area contributed by atoms with Gasteiger partial charge in [-0.2, -0.15) is 0 Å². The van der Waals surface area contributed by atoms with Gasteiger partial charge in [-0.3, -0.25) is 4.79 Å². The highest BCUT2D eigenvalue weighted by Gasteiger charge is 2.17. The van der Waals surface area contributed by atoms with Gasteiger partial charge in [-0.25, -0.2) is 4.79 Å². The van der Waals surface area contributed by atoms with E-state index in [0.29, 0.717) is 11.3 Å². The maximum atomic E-state index is 11.7. The molecule has 0 radical (unpaired) electrons. The van der Waals surface area contributed by atoms with E-state index in [4.69, 9.17) is 10.8 Å². The van der Waals surface area contributed by atoms with Crippen molar-refractivity contribution < 1.29 is 14.7 Å². The highest BCUT2D eigenvalue weighted by Crippen LogP contribution is 2.15. The molecule has 0 fully saturated rings. The number of hydrogen-bond acceptors (Lipinski definition) is 3. The number of rotatable bonds is 4. The maximum Gasteiger partial charge on any atom is 0.335 e. The zero-order chi connectivity index (χ0) is 13.9. The first-order chi connectivity index (χ1) is 8.32. The summed E-state index contributed by atoms with van der Waals surface area (Å²) in [6.07, 6.45) is 0. The summed E-state index contributed by atoms with van der Waals surface area (Å²) in [7, 11) is 0. The van der Waals surface area contributed by atoms with E-state index in [1.165, 1.54) is 6.07 Å². The van der Waals surface area contributed by atoms with E-state index in [0.717, 1.165) is 0 Å². The first-order valence-corrected chi connectivity index (χ1v) is 5.73. The Morgan fingerprint density at radius 2 is 1.94 bits per heavy atom. The minimum Gasteiger partial charge on any atom is -0.478 e. The lowest BCUT2D eigenvalue weighted by Gasteiger charge is -2.15. The number of carboxylic acid groups (broad SMARTS) is 1. The number of benzene rings is 1. The largest absolute Gasteiger partial charge is 0.478 e. The van der Waals surface area contributed by atoms with Crippen LogP contribution in [-0.2, 0) is 4.79 Å². The standard InChI is InChI=1S/C13H18N2O3/c1-7(2)11(14)12(16)15-9-4-5-10(13(17)18)8(3)6-9/h4-7,11H,14H2,1-3H3,(H,15,16)(H,17,18)/t11-/m1/s1. The van der Waals surface area contributed by atoms with Gasteiger partial charge in [-0.05, 0) is 36.6 Å². The number of amides is 1. The number of hydrogen-bond donors (Lipinski definition) is 3. The molecule has 0 bridgehead atoms. The fourth-order valence-corrected chi connectivity index (χ4v) is 1.51. The lowest BCUT2D eigenvalue weighted by atomic mass is 10.0. The van der Waals surface area contributed by atoms with E-state index >= 15 is 0 Å². The Morgan fingerprint density at radius 1 is 1.33 bits per heavy atom. The number of nitrogens with two attached hydrogens (primary N) is 1. The summed E-state index contributed by atoms with van der Waals surface area (Å²) in [5.41, 5.74) is 7.09. The molecule has 0 saturated heterocycles. The minimum absolute atomic E-state index is 0.0457. The highest BCUT2D eigenvalue weighted by atomic mass is 16.4. The van der Waals surface area contributed by atoms with Gasteiger partial charge in [0, 0.05) is 5.69 Å². The van der Waals surface area contributed by atoms with Crippen LogP contribution in [0.4, 0.5) is 5.69 Å². The molecule has 1 amide bonds. The summed E-state index contributed by atoms with van der Waals surface area (Å²) in [5.74, 6) is -1.21. The van der Waals surface area contributed by atoms with E-state index < -0.39 is 12.0 Å². The smallest absolute Gasteiger partial charge is 0.335 e. The van der Waals surface area contributed by atoms with Crippen molar-refractivity contribution >= 4 is 17.6 Å². The van der Waals surface area contributed by atoms with Crippen molar-refractivity contribution in [2.24, 2.45) is 11.7 Å². The highest BCUT2D eigenvalue weighted by molar-refractivity contribution is 5.96. The van der Waals surface area contributed by atoms with Crippen LogP contribution in [0.15, 0.2) is 18.2 Å². The average Bonchev–Trinajstić information content (AvgIpc) is 2.27. The Hall–Kier alpha value is -1.88. The number of nitrogens with one attached hydrogen (secondary N) is 1. The predicted octanol–water partition coefficient (Wildman–Crippen LogP) is 1.62. The maximum absolute atomic E-state index is 11.7. The summed E-state index contributed by atoms with van der Waals surface area (Å²) >= 11 is 0. The molecular weight excluding hydrogens is 232 g/mol. The van der Waals surface area contributed by atoms with Crippen molar-refractivity contribution in [3.8, 4) is 0 Å². The molecule has 18 heavy (non-hydrogen) atoms. The molecule has 4 N–H and O–H groups in total. The van der Waals surface area contributed by atoms with Crippen molar-refractivity contribution in [3.05, 3.63) is 29.3 Å². The van der Waals surface area contributed by atoms with Gasteiger partial charge < -0.3 is 16.2 Å². The van der Waals surface area contributed by atoms with Crippen molar-refractivity contribution in [3.63, 3.8) is 0 Å². The third-order valence-corrected chi connectivity index (χ3v) is 2.75. The van der Waals surface area contributed by atoms with Gasteiger partial charge in [-0.15, -0.1) is 0 Å². The van der Waals surface area contributed by atoms with E-state index in [1.807, 2.05) is 13.8 Å². The molecule has 0 saturated carbocycles. The molecule has 98 valence electrons. The molecular formula is C13H18N2O3. The van der Waals surface area contributed by atoms with Crippen LogP contribution in [0, 0.1) is 12.8 Å². The lowest BCUT2D eigenvalue weighted by Crippen LogP contribution is -2.39. The quantitative estimate of drug-likeness (QED) is 0.757. The second kappa shape index (κ2) is 5.64. The minimum atomic E-state index is -0.982. The van der Waals surface area contributed by atoms with E-state index in [2.05, 4.69) is 5.32 Å². The molecule has 0 heterocycles. The van der Waals surface area contributed by atoms with Gasteiger partial charge in [0.2, 0.25) is 5.91 Å². The second-order valence-corrected chi connectivity index (χ2v) is 4.59. The van der Waals surface area contributed by atoms with Crippen LogP contribution >= 0.6 is 0 Å². The van der Waals surface area contributed by atoms with E-state index in [1.54, 1.807) is 19.1 Å². The van der Waals surface area contributed by atoms with Crippen molar-refractivity contribution in [2.45, 2.75) is 26.8 Å². The molecule has 5 heteroatoms. The summed E-state index contributed by atoms with van der Waals surface area (Å²) in [6, 6.07) is 4.06. The molecule has 5 nitrogen and oxygen atoms in total. The van der Waals surface area contributed by atoms with Crippen molar-refractivity contribution in [1.29, 1.82) is 0 Å².